The Morgan fingerprint density at radius 2 is 1.91 bits per heavy atom. The molecule has 0 radical (unpaired) electrons. The first-order chi connectivity index (χ1) is 11.1. The van der Waals surface area contributed by atoms with Crippen LogP contribution in [0.25, 0.3) is 0 Å². The lowest BCUT2D eigenvalue weighted by Gasteiger charge is -2.25. The van der Waals surface area contributed by atoms with E-state index in [1.807, 2.05) is 7.05 Å². The van der Waals surface area contributed by atoms with Crippen molar-refractivity contribution in [3.05, 3.63) is 54.0 Å². The molecule has 5 nitrogen and oxygen atoms in total. The normalized spacial score (nSPS) is 15.0. The second-order valence-corrected chi connectivity index (χ2v) is 6.00. The maximum atomic E-state index is 12.5. The monoisotopic (exact) mass is 312 g/mol. The summed E-state index contributed by atoms with van der Waals surface area (Å²) in [5, 5.41) is 2.73. The molecule has 1 aliphatic carbocycles. The van der Waals surface area contributed by atoms with Crippen LogP contribution in [0.1, 0.15) is 40.7 Å². The number of carbonyl (C=O) groups excluding carboxylic acids is 2. The van der Waals surface area contributed by atoms with Gasteiger partial charge in [-0.25, -0.2) is 0 Å². The maximum absolute atomic E-state index is 12.5. The Hall–Kier alpha value is -2.56. The number of anilines is 1. The molecule has 0 bridgehead atoms. The number of hydrogen-bond acceptors (Lipinski definition) is 3. The smallest absolute Gasteiger partial charge is 0.291 e. The SMILES string of the molecule is C[C@H](C1CC1)N(C)C(=O)c1ccc(NC(=O)c2ccco2)cc1. The lowest BCUT2D eigenvalue weighted by molar-refractivity contribution is 0.0727. The summed E-state index contributed by atoms with van der Waals surface area (Å²) in [6.45, 7) is 2.09. The van der Waals surface area contributed by atoms with Crippen LogP contribution >= 0.6 is 0 Å². The minimum absolute atomic E-state index is 0.00770. The number of hydrogen-bond donors (Lipinski definition) is 1. The van der Waals surface area contributed by atoms with Crippen LogP contribution in [0.5, 0.6) is 0 Å². The summed E-state index contributed by atoms with van der Waals surface area (Å²) in [7, 11) is 1.85. The second-order valence-electron chi connectivity index (χ2n) is 6.00. The van der Waals surface area contributed by atoms with Gasteiger partial charge >= 0.3 is 0 Å². The van der Waals surface area contributed by atoms with Crippen LogP contribution in [0.2, 0.25) is 0 Å². The number of amides is 2. The number of carbonyl (C=O) groups is 2. The zero-order valence-electron chi connectivity index (χ0n) is 13.3. The van der Waals surface area contributed by atoms with Crippen molar-refractivity contribution in [3.8, 4) is 0 Å². The van der Waals surface area contributed by atoms with E-state index in [2.05, 4.69) is 12.2 Å². The fourth-order valence-corrected chi connectivity index (χ4v) is 2.58. The third-order valence-electron chi connectivity index (χ3n) is 4.37. The number of furan rings is 1. The van der Waals surface area contributed by atoms with E-state index >= 15 is 0 Å². The molecule has 1 N–H and O–H groups in total. The van der Waals surface area contributed by atoms with Gasteiger partial charge in [-0.2, -0.15) is 0 Å². The Bertz CT molecular complexity index is 688. The molecule has 120 valence electrons. The predicted molar refractivity (Wildman–Crippen MR) is 87.4 cm³/mol. The topological polar surface area (TPSA) is 62.6 Å². The molecule has 1 aromatic carbocycles. The van der Waals surface area contributed by atoms with Gasteiger partial charge in [0.15, 0.2) is 5.76 Å². The Balaban J connectivity index is 1.64. The molecular weight excluding hydrogens is 292 g/mol. The summed E-state index contributed by atoms with van der Waals surface area (Å²) in [5.41, 5.74) is 1.25. The summed E-state index contributed by atoms with van der Waals surface area (Å²) in [6, 6.07) is 10.4. The summed E-state index contributed by atoms with van der Waals surface area (Å²) < 4.78 is 5.04. The lowest BCUT2D eigenvalue weighted by Crippen LogP contribution is -2.36. The van der Waals surface area contributed by atoms with E-state index in [4.69, 9.17) is 4.42 Å². The summed E-state index contributed by atoms with van der Waals surface area (Å²) in [5.74, 6) is 0.584. The van der Waals surface area contributed by atoms with Crippen molar-refractivity contribution in [1.29, 1.82) is 0 Å². The first kappa shape index (κ1) is 15.3. The molecule has 1 saturated carbocycles. The number of benzene rings is 1. The van der Waals surface area contributed by atoms with Gasteiger partial charge in [0.2, 0.25) is 0 Å². The molecule has 1 aliphatic rings. The molecular formula is C18H20N2O3. The summed E-state index contributed by atoms with van der Waals surface area (Å²) >= 11 is 0. The van der Waals surface area contributed by atoms with E-state index < -0.39 is 0 Å². The van der Waals surface area contributed by atoms with Gasteiger partial charge in [0.25, 0.3) is 11.8 Å². The third-order valence-corrected chi connectivity index (χ3v) is 4.37. The van der Waals surface area contributed by atoms with Crippen LogP contribution < -0.4 is 5.32 Å². The number of nitrogens with zero attached hydrogens (tertiary/aromatic N) is 1. The van der Waals surface area contributed by atoms with Crippen LogP contribution in [-0.2, 0) is 0 Å². The fourth-order valence-electron chi connectivity index (χ4n) is 2.58. The molecule has 5 heteroatoms. The van der Waals surface area contributed by atoms with Crippen molar-refractivity contribution >= 4 is 17.5 Å². The Kier molecular flexibility index (Phi) is 4.19. The van der Waals surface area contributed by atoms with E-state index in [-0.39, 0.29) is 23.6 Å². The minimum atomic E-state index is -0.312. The van der Waals surface area contributed by atoms with Crippen molar-refractivity contribution in [2.75, 3.05) is 12.4 Å². The Morgan fingerprint density at radius 1 is 1.22 bits per heavy atom. The third kappa shape index (κ3) is 3.44. The van der Waals surface area contributed by atoms with Gasteiger partial charge in [0.05, 0.1) is 6.26 Å². The molecule has 0 spiro atoms. The van der Waals surface area contributed by atoms with Crippen molar-refractivity contribution < 1.29 is 14.0 Å². The average Bonchev–Trinajstić information content (AvgIpc) is 3.27. The first-order valence-corrected chi connectivity index (χ1v) is 7.78. The highest BCUT2D eigenvalue weighted by molar-refractivity contribution is 6.02. The van der Waals surface area contributed by atoms with Crippen molar-refractivity contribution in [1.82, 2.24) is 4.90 Å². The van der Waals surface area contributed by atoms with Gasteiger partial charge in [-0.15, -0.1) is 0 Å². The average molecular weight is 312 g/mol. The predicted octanol–water partition coefficient (Wildman–Crippen LogP) is 3.40. The minimum Gasteiger partial charge on any atom is -0.459 e. The molecule has 0 saturated heterocycles. The molecule has 0 aliphatic heterocycles. The fraction of sp³-hybridized carbons (Fsp3) is 0.333. The van der Waals surface area contributed by atoms with E-state index in [9.17, 15) is 9.59 Å². The quantitative estimate of drug-likeness (QED) is 0.920. The van der Waals surface area contributed by atoms with E-state index in [0.29, 0.717) is 17.2 Å². The molecule has 0 unspecified atom stereocenters. The standard InChI is InChI=1S/C18H20N2O3/c1-12(13-5-6-13)20(2)18(22)14-7-9-15(10-8-14)19-17(21)16-4-3-11-23-16/h3-4,7-13H,5-6H2,1-2H3,(H,19,21)/t12-/m1/s1. The maximum Gasteiger partial charge on any atom is 0.291 e. The van der Waals surface area contributed by atoms with E-state index in [1.54, 1.807) is 41.3 Å². The van der Waals surface area contributed by atoms with Gasteiger partial charge in [-0.1, -0.05) is 0 Å². The molecule has 3 rings (SSSR count). The zero-order valence-corrected chi connectivity index (χ0v) is 13.3. The first-order valence-electron chi connectivity index (χ1n) is 7.78. The van der Waals surface area contributed by atoms with Gasteiger partial charge in [0, 0.05) is 24.3 Å². The zero-order chi connectivity index (χ0) is 16.4. The van der Waals surface area contributed by atoms with Crippen LogP contribution in [0.3, 0.4) is 0 Å². The van der Waals surface area contributed by atoms with Gasteiger partial charge in [-0.3, -0.25) is 9.59 Å². The molecule has 1 atom stereocenters. The second kappa shape index (κ2) is 6.28. The van der Waals surface area contributed by atoms with Crippen LogP contribution in [-0.4, -0.2) is 29.8 Å². The van der Waals surface area contributed by atoms with E-state index in [1.165, 1.54) is 19.1 Å². The number of rotatable bonds is 5. The number of nitrogens with one attached hydrogen (secondary N) is 1. The molecule has 23 heavy (non-hydrogen) atoms. The van der Waals surface area contributed by atoms with Gasteiger partial charge in [0.1, 0.15) is 0 Å². The highest BCUT2D eigenvalue weighted by Crippen LogP contribution is 2.35. The molecule has 2 aromatic rings. The van der Waals surface area contributed by atoms with Crippen molar-refractivity contribution in [2.45, 2.75) is 25.8 Å². The largest absolute Gasteiger partial charge is 0.459 e. The molecule has 1 fully saturated rings. The highest BCUT2D eigenvalue weighted by Gasteiger charge is 2.32. The molecule has 2 amide bonds. The molecule has 1 heterocycles. The van der Waals surface area contributed by atoms with Crippen LogP contribution in [0.15, 0.2) is 47.1 Å². The Labute approximate surface area is 135 Å². The summed E-state index contributed by atoms with van der Waals surface area (Å²) in [4.78, 5) is 26.2. The lowest BCUT2D eigenvalue weighted by atomic mass is 10.1. The summed E-state index contributed by atoms with van der Waals surface area (Å²) in [6.07, 6.45) is 3.86. The van der Waals surface area contributed by atoms with Gasteiger partial charge < -0.3 is 14.6 Å². The highest BCUT2D eigenvalue weighted by atomic mass is 16.3. The molecule has 1 aromatic heterocycles. The van der Waals surface area contributed by atoms with Crippen molar-refractivity contribution in [3.63, 3.8) is 0 Å². The van der Waals surface area contributed by atoms with Crippen molar-refractivity contribution in [2.24, 2.45) is 5.92 Å². The van der Waals surface area contributed by atoms with Crippen LogP contribution in [0, 0.1) is 5.92 Å². The van der Waals surface area contributed by atoms with E-state index in [0.717, 1.165) is 0 Å². The Morgan fingerprint density at radius 3 is 2.48 bits per heavy atom. The van der Waals surface area contributed by atoms with Crippen LogP contribution in [0.4, 0.5) is 5.69 Å². The van der Waals surface area contributed by atoms with Gasteiger partial charge in [-0.05, 0) is 62.1 Å².